The summed E-state index contributed by atoms with van der Waals surface area (Å²) < 4.78 is 17.8. The standard InChI is InChI=1S/C34H42N2O8/c1-20(2)18-26-32(40)42-25(21(3)29-30(44-29)23-10-7-6-8-11-23)12-9-13-27(38)36-28(22-14-16-24(37)17-15-22)31(39)35-19-34(4,5)33(41)43-26/h6-11,13-17,20-21,25-26,28-30,37H,12,18-19H2,1-5H3,(H,35,39)(H,36,38)/t21-,25-,26-,28+,29-,30-/m0/s1. The second-order valence-corrected chi connectivity index (χ2v) is 12.6. The Kier molecular flexibility index (Phi) is 10.5. The Bertz CT molecular complexity index is 1360. The molecule has 0 saturated carbocycles. The van der Waals surface area contributed by atoms with Crippen LogP contribution in [0, 0.1) is 17.3 Å². The Morgan fingerprint density at radius 1 is 0.932 bits per heavy atom. The van der Waals surface area contributed by atoms with Crippen molar-refractivity contribution >= 4 is 23.8 Å². The van der Waals surface area contributed by atoms with Crippen molar-refractivity contribution in [2.75, 3.05) is 6.54 Å². The molecule has 2 aromatic carbocycles. The van der Waals surface area contributed by atoms with Gasteiger partial charge in [-0.2, -0.15) is 0 Å². The van der Waals surface area contributed by atoms with Gasteiger partial charge in [-0.15, -0.1) is 0 Å². The van der Waals surface area contributed by atoms with E-state index in [0.717, 1.165) is 5.56 Å². The van der Waals surface area contributed by atoms with Gasteiger partial charge < -0.3 is 30.0 Å². The minimum Gasteiger partial charge on any atom is -0.508 e. The number of benzene rings is 2. The van der Waals surface area contributed by atoms with Crippen molar-refractivity contribution in [3.63, 3.8) is 0 Å². The number of carbonyl (C=O) groups excluding carboxylic acids is 4. The second-order valence-electron chi connectivity index (χ2n) is 12.6. The summed E-state index contributed by atoms with van der Waals surface area (Å²) in [4.78, 5) is 53.2. The number of ether oxygens (including phenoxy) is 3. The van der Waals surface area contributed by atoms with Gasteiger partial charge in [0.2, 0.25) is 11.8 Å². The van der Waals surface area contributed by atoms with Crippen LogP contribution in [-0.2, 0) is 33.4 Å². The van der Waals surface area contributed by atoms with Crippen LogP contribution in [0.3, 0.4) is 0 Å². The van der Waals surface area contributed by atoms with Crippen LogP contribution in [-0.4, -0.2) is 53.7 Å². The van der Waals surface area contributed by atoms with Crippen LogP contribution in [0.5, 0.6) is 5.75 Å². The molecule has 0 radical (unpaired) electrons. The van der Waals surface area contributed by atoms with Gasteiger partial charge in [0.15, 0.2) is 6.10 Å². The number of carbonyl (C=O) groups is 4. The van der Waals surface area contributed by atoms with E-state index >= 15 is 0 Å². The fourth-order valence-electron chi connectivity index (χ4n) is 5.10. The van der Waals surface area contributed by atoms with E-state index in [1.165, 1.54) is 30.3 Å². The van der Waals surface area contributed by atoms with Gasteiger partial charge in [0, 0.05) is 18.9 Å². The highest BCUT2D eigenvalue weighted by atomic mass is 16.6. The zero-order valence-corrected chi connectivity index (χ0v) is 25.8. The van der Waals surface area contributed by atoms with Crippen LogP contribution in [0.2, 0.25) is 0 Å². The largest absolute Gasteiger partial charge is 0.508 e. The first kappa shape index (κ1) is 32.7. The third-order valence-corrected chi connectivity index (χ3v) is 7.89. The summed E-state index contributed by atoms with van der Waals surface area (Å²) in [5.74, 6) is -2.64. The second kappa shape index (κ2) is 14.1. The lowest BCUT2D eigenvalue weighted by molar-refractivity contribution is -0.179. The van der Waals surface area contributed by atoms with Crippen LogP contribution in [0.25, 0.3) is 0 Å². The number of aromatic hydroxyl groups is 1. The Balaban J connectivity index is 1.63. The van der Waals surface area contributed by atoms with Crippen molar-refractivity contribution < 1.29 is 38.5 Å². The molecule has 0 unspecified atom stereocenters. The van der Waals surface area contributed by atoms with Crippen molar-refractivity contribution in [2.24, 2.45) is 17.3 Å². The third kappa shape index (κ3) is 8.47. The lowest BCUT2D eigenvalue weighted by atomic mass is 9.92. The topological polar surface area (TPSA) is 144 Å². The smallest absolute Gasteiger partial charge is 0.347 e. The fourth-order valence-corrected chi connectivity index (χ4v) is 5.10. The zero-order chi connectivity index (χ0) is 32.0. The summed E-state index contributed by atoms with van der Waals surface area (Å²) in [6, 6.07) is 14.6. The third-order valence-electron chi connectivity index (χ3n) is 7.89. The molecule has 2 aliphatic heterocycles. The number of hydrogen-bond acceptors (Lipinski definition) is 8. The summed E-state index contributed by atoms with van der Waals surface area (Å²) in [5.41, 5.74) is 0.258. The normalized spacial score (nSPS) is 27.1. The minimum atomic E-state index is -1.21. The average molecular weight is 607 g/mol. The predicted octanol–water partition coefficient (Wildman–Crippen LogP) is 4.30. The van der Waals surface area contributed by atoms with Crippen molar-refractivity contribution in [2.45, 2.75) is 77.9 Å². The van der Waals surface area contributed by atoms with Crippen molar-refractivity contribution in [1.29, 1.82) is 0 Å². The fraction of sp³-hybridized carbons (Fsp3) is 0.471. The molecular formula is C34H42N2O8. The van der Waals surface area contributed by atoms with E-state index in [9.17, 15) is 24.3 Å². The summed E-state index contributed by atoms with van der Waals surface area (Å²) >= 11 is 0. The van der Waals surface area contributed by atoms with Gasteiger partial charge in [0.1, 0.15) is 24.0 Å². The highest BCUT2D eigenvalue weighted by Crippen LogP contribution is 2.45. The van der Waals surface area contributed by atoms with Gasteiger partial charge in [0.25, 0.3) is 0 Å². The van der Waals surface area contributed by atoms with Crippen molar-refractivity contribution in [1.82, 2.24) is 10.6 Å². The number of hydrogen-bond donors (Lipinski definition) is 3. The summed E-state index contributed by atoms with van der Waals surface area (Å²) in [6.45, 7) is 8.85. The zero-order valence-electron chi connectivity index (χ0n) is 25.8. The molecule has 2 amide bonds. The van der Waals surface area contributed by atoms with Gasteiger partial charge >= 0.3 is 11.9 Å². The number of esters is 2. The number of phenols is 1. The number of rotatable bonds is 6. The van der Waals surface area contributed by atoms with Gasteiger partial charge in [0.05, 0.1) is 11.5 Å². The quantitative estimate of drug-likeness (QED) is 0.326. The number of nitrogens with one attached hydrogen (secondary N) is 2. The molecule has 0 spiro atoms. The number of cyclic esters (lactones) is 2. The lowest BCUT2D eigenvalue weighted by Gasteiger charge is -2.29. The first-order valence-corrected chi connectivity index (χ1v) is 15.0. The Hall–Kier alpha value is -4.18. The number of amides is 2. The molecule has 0 bridgehead atoms. The Labute approximate surface area is 258 Å². The molecule has 6 atom stereocenters. The first-order valence-electron chi connectivity index (χ1n) is 15.0. The molecule has 1 saturated heterocycles. The van der Waals surface area contributed by atoms with E-state index in [2.05, 4.69) is 10.6 Å². The van der Waals surface area contributed by atoms with Crippen molar-refractivity contribution in [3.8, 4) is 5.75 Å². The average Bonchev–Trinajstić information content (AvgIpc) is 3.79. The summed E-state index contributed by atoms with van der Waals surface area (Å²) in [5, 5.41) is 15.1. The number of phenolic OH excluding ortho intramolecular Hbond substituents is 1. The van der Waals surface area contributed by atoms with Gasteiger partial charge in [-0.3, -0.25) is 14.4 Å². The molecule has 10 nitrogen and oxygen atoms in total. The van der Waals surface area contributed by atoms with E-state index in [-0.39, 0.29) is 49.2 Å². The molecule has 3 N–H and O–H groups in total. The van der Waals surface area contributed by atoms with Crippen LogP contribution in [0.4, 0.5) is 0 Å². The molecule has 44 heavy (non-hydrogen) atoms. The van der Waals surface area contributed by atoms with Crippen LogP contribution in [0.15, 0.2) is 66.7 Å². The van der Waals surface area contributed by atoms with E-state index in [0.29, 0.717) is 5.56 Å². The molecular weight excluding hydrogens is 564 g/mol. The van der Waals surface area contributed by atoms with Gasteiger partial charge in [-0.25, -0.2) is 4.79 Å². The number of epoxide rings is 1. The Morgan fingerprint density at radius 2 is 1.61 bits per heavy atom. The summed E-state index contributed by atoms with van der Waals surface area (Å²) in [6.07, 6.45) is 1.14. The minimum absolute atomic E-state index is 0.0114. The molecule has 2 aliphatic rings. The molecule has 1 fully saturated rings. The molecule has 2 aromatic rings. The molecule has 236 valence electrons. The van der Waals surface area contributed by atoms with Crippen LogP contribution in [0.1, 0.15) is 70.7 Å². The van der Waals surface area contributed by atoms with E-state index in [1.807, 2.05) is 51.1 Å². The predicted molar refractivity (Wildman–Crippen MR) is 162 cm³/mol. The molecule has 2 heterocycles. The Morgan fingerprint density at radius 3 is 2.27 bits per heavy atom. The molecule has 0 aromatic heterocycles. The van der Waals surface area contributed by atoms with E-state index < -0.39 is 47.4 Å². The van der Waals surface area contributed by atoms with E-state index in [1.54, 1.807) is 19.9 Å². The molecule has 4 rings (SSSR count). The first-order chi connectivity index (χ1) is 20.9. The van der Waals surface area contributed by atoms with Crippen LogP contribution >= 0.6 is 0 Å². The van der Waals surface area contributed by atoms with Crippen LogP contribution < -0.4 is 10.6 Å². The molecule has 10 heteroatoms. The highest BCUT2D eigenvalue weighted by molar-refractivity contribution is 5.93. The summed E-state index contributed by atoms with van der Waals surface area (Å²) in [7, 11) is 0. The maximum atomic E-state index is 13.5. The monoisotopic (exact) mass is 606 g/mol. The van der Waals surface area contributed by atoms with Gasteiger partial charge in [-0.05, 0) is 55.5 Å². The highest BCUT2D eigenvalue weighted by Gasteiger charge is 2.48. The van der Waals surface area contributed by atoms with Crippen molar-refractivity contribution in [3.05, 3.63) is 77.9 Å². The maximum absolute atomic E-state index is 13.5. The molecule has 0 aliphatic carbocycles. The SMILES string of the molecule is CC(C)C[C@@H]1OC(=O)C(C)(C)CNC(=O)[C@@H](c2ccc(O)cc2)NC(=O)C=CC[C@@H]([C@H](C)[C@@H]2O[C@H]2c2ccccc2)OC1=O. The lowest BCUT2D eigenvalue weighted by Crippen LogP contribution is -2.47. The van der Waals surface area contributed by atoms with Gasteiger partial charge in [-0.1, -0.05) is 69.3 Å². The maximum Gasteiger partial charge on any atom is 0.347 e. The van der Waals surface area contributed by atoms with E-state index in [4.69, 9.17) is 14.2 Å².